The Balaban J connectivity index is 5.33. The second-order valence-corrected chi connectivity index (χ2v) is 8.56. The molecule has 7 N–H and O–H groups in total. The molecule has 0 radical (unpaired) electrons. The fourth-order valence-corrected chi connectivity index (χ4v) is 2.97. The van der Waals surface area contributed by atoms with E-state index in [4.69, 9.17) is 5.73 Å². The summed E-state index contributed by atoms with van der Waals surface area (Å²) in [6.07, 6.45) is 1.55. The molecule has 0 saturated carbocycles. The van der Waals surface area contributed by atoms with Gasteiger partial charge in [-0.2, -0.15) is 0 Å². The van der Waals surface area contributed by atoms with Crippen molar-refractivity contribution in [3.8, 4) is 0 Å². The molecule has 0 aromatic rings. The molecule has 6 unspecified atom stereocenters. The highest BCUT2D eigenvalue weighted by atomic mass is 16.4. The van der Waals surface area contributed by atoms with Crippen molar-refractivity contribution < 1.29 is 29.4 Å². The molecule has 180 valence electrons. The summed E-state index contributed by atoms with van der Waals surface area (Å²) in [7, 11) is 0. The number of carboxylic acid groups (broad SMARTS) is 1. The largest absolute Gasteiger partial charge is 0.480 e. The number of aliphatic carboxylic acids is 1. The molecule has 10 heteroatoms. The zero-order valence-corrected chi connectivity index (χ0v) is 19.5. The van der Waals surface area contributed by atoms with E-state index < -0.39 is 54.5 Å². The van der Waals surface area contributed by atoms with Crippen LogP contribution in [-0.4, -0.2) is 64.7 Å². The van der Waals surface area contributed by atoms with Gasteiger partial charge in [0.1, 0.15) is 18.1 Å². The molecule has 0 rings (SSSR count). The fraction of sp³-hybridized carbons (Fsp3) is 0.810. The molecule has 0 aliphatic heterocycles. The smallest absolute Gasteiger partial charge is 0.326 e. The maximum absolute atomic E-state index is 12.8. The Morgan fingerprint density at radius 2 is 1.29 bits per heavy atom. The molecule has 0 bridgehead atoms. The van der Waals surface area contributed by atoms with Gasteiger partial charge in [-0.3, -0.25) is 14.4 Å². The molecule has 0 heterocycles. The lowest BCUT2D eigenvalue weighted by molar-refractivity contribution is -0.144. The highest BCUT2D eigenvalue weighted by Crippen LogP contribution is 2.11. The first-order valence-corrected chi connectivity index (χ1v) is 10.9. The lowest BCUT2D eigenvalue weighted by Crippen LogP contribution is -2.60. The Hall–Kier alpha value is -2.20. The van der Waals surface area contributed by atoms with Crippen LogP contribution in [0.5, 0.6) is 0 Å². The lowest BCUT2D eigenvalue weighted by Gasteiger charge is -2.28. The van der Waals surface area contributed by atoms with Crippen LogP contribution in [0.25, 0.3) is 0 Å². The van der Waals surface area contributed by atoms with Gasteiger partial charge in [0.05, 0.1) is 12.6 Å². The first-order chi connectivity index (χ1) is 14.4. The minimum atomic E-state index is -1.36. The van der Waals surface area contributed by atoms with E-state index in [0.717, 1.165) is 0 Å². The van der Waals surface area contributed by atoms with E-state index in [9.17, 15) is 29.4 Å². The standard InChI is InChI=1S/C21H40N4O6/c1-7-12(5)16(24-18(27)14(22)9-11(3)4)20(29)23-15(10-26)19(28)25-17(21(30)31)13(6)8-2/h11-17,26H,7-10,22H2,1-6H3,(H,23,29)(H,24,27)(H,25,28)(H,30,31). The van der Waals surface area contributed by atoms with Crippen LogP contribution in [0.15, 0.2) is 0 Å². The molecular formula is C21H40N4O6. The van der Waals surface area contributed by atoms with E-state index >= 15 is 0 Å². The number of nitrogens with one attached hydrogen (secondary N) is 3. The predicted octanol–water partition coefficient (Wildman–Crippen LogP) is -0.0167. The summed E-state index contributed by atoms with van der Waals surface area (Å²) in [5, 5.41) is 26.4. The summed E-state index contributed by atoms with van der Waals surface area (Å²) >= 11 is 0. The van der Waals surface area contributed by atoms with Crippen molar-refractivity contribution in [1.82, 2.24) is 16.0 Å². The summed E-state index contributed by atoms with van der Waals surface area (Å²) in [6, 6.07) is -4.24. The van der Waals surface area contributed by atoms with E-state index in [1.54, 1.807) is 20.8 Å². The summed E-state index contributed by atoms with van der Waals surface area (Å²) in [5.41, 5.74) is 5.90. The van der Waals surface area contributed by atoms with Gasteiger partial charge in [-0.1, -0.05) is 54.4 Å². The molecule has 6 atom stereocenters. The van der Waals surface area contributed by atoms with Crippen LogP contribution in [0.2, 0.25) is 0 Å². The third-order valence-corrected chi connectivity index (χ3v) is 5.45. The number of hydrogen-bond acceptors (Lipinski definition) is 6. The number of carboxylic acids is 1. The molecule has 0 saturated heterocycles. The molecule has 0 spiro atoms. The van der Waals surface area contributed by atoms with Gasteiger partial charge in [-0.25, -0.2) is 4.79 Å². The molecule has 0 aliphatic carbocycles. The van der Waals surface area contributed by atoms with Gasteiger partial charge in [0.15, 0.2) is 0 Å². The van der Waals surface area contributed by atoms with Gasteiger partial charge in [0, 0.05) is 0 Å². The first kappa shape index (κ1) is 28.8. The van der Waals surface area contributed by atoms with Crippen molar-refractivity contribution in [3.05, 3.63) is 0 Å². The van der Waals surface area contributed by atoms with Gasteiger partial charge in [-0.05, 0) is 24.2 Å². The lowest BCUT2D eigenvalue weighted by atomic mass is 9.96. The quantitative estimate of drug-likeness (QED) is 0.219. The Morgan fingerprint density at radius 1 is 0.806 bits per heavy atom. The minimum absolute atomic E-state index is 0.201. The number of carbonyl (C=O) groups is 4. The fourth-order valence-electron chi connectivity index (χ4n) is 2.97. The number of rotatable bonds is 14. The maximum Gasteiger partial charge on any atom is 0.326 e. The van der Waals surface area contributed by atoms with Crippen LogP contribution in [-0.2, 0) is 19.2 Å². The average molecular weight is 445 g/mol. The summed E-state index contributed by atoms with van der Waals surface area (Å²) in [5.74, 6) is -3.53. The molecular weight excluding hydrogens is 404 g/mol. The predicted molar refractivity (Wildman–Crippen MR) is 117 cm³/mol. The highest BCUT2D eigenvalue weighted by Gasteiger charge is 2.33. The molecule has 3 amide bonds. The number of aliphatic hydroxyl groups excluding tert-OH is 1. The Morgan fingerprint density at radius 3 is 1.71 bits per heavy atom. The summed E-state index contributed by atoms with van der Waals surface area (Å²) in [6.45, 7) is 10.2. The number of carbonyl (C=O) groups excluding carboxylic acids is 3. The van der Waals surface area contributed by atoms with Crippen molar-refractivity contribution in [1.29, 1.82) is 0 Å². The third-order valence-electron chi connectivity index (χ3n) is 5.45. The third kappa shape index (κ3) is 9.65. The van der Waals surface area contributed by atoms with Crippen LogP contribution in [0.4, 0.5) is 0 Å². The number of hydrogen-bond donors (Lipinski definition) is 6. The monoisotopic (exact) mass is 444 g/mol. The van der Waals surface area contributed by atoms with Crippen LogP contribution in [0.3, 0.4) is 0 Å². The van der Waals surface area contributed by atoms with Crippen molar-refractivity contribution in [2.45, 2.75) is 85.0 Å². The van der Waals surface area contributed by atoms with Gasteiger partial charge in [-0.15, -0.1) is 0 Å². The molecule has 0 aromatic carbocycles. The molecule has 0 aliphatic rings. The second kappa shape index (κ2) is 14.0. The van der Waals surface area contributed by atoms with Gasteiger partial charge < -0.3 is 31.9 Å². The van der Waals surface area contributed by atoms with Crippen molar-refractivity contribution >= 4 is 23.7 Å². The average Bonchev–Trinajstić information content (AvgIpc) is 2.71. The number of amides is 3. The highest BCUT2D eigenvalue weighted by molar-refractivity contribution is 5.94. The van der Waals surface area contributed by atoms with Crippen LogP contribution >= 0.6 is 0 Å². The van der Waals surface area contributed by atoms with Crippen molar-refractivity contribution in [3.63, 3.8) is 0 Å². The van der Waals surface area contributed by atoms with Gasteiger partial charge in [0.25, 0.3) is 0 Å². The van der Waals surface area contributed by atoms with E-state index in [-0.39, 0.29) is 17.8 Å². The molecule has 0 fully saturated rings. The zero-order valence-electron chi connectivity index (χ0n) is 19.5. The Kier molecular flexibility index (Phi) is 13.0. The molecule has 0 aromatic heterocycles. The SMILES string of the molecule is CCC(C)C(NC(=O)C(CO)NC(=O)C(NC(=O)C(N)CC(C)C)C(C)CC)C(=O)O. The van der Waals surface area contributed by atoms with Crippen molar-refractivity contribution in [2.75, 3.05) is 6.61 Å². The van der Waals surface area contributed by atoms with Gasteiger partial charge >= 0.3 is 5.97 Å². The number of aliphatic hydroxyl groups is 1. The molecule has 31 heavy (non-hydrogen) atoms. The maximum atomic E-state index is 12.8. The second-order valence-electron chi connectivity index (χ2n) is 8.56. The van der Waals surface area contributed by atoms with Crippen LogP contribution in [0.1, 0.15) is 60.8 Å². The summed E-state index contributed by atoms with van der Waals surface area (Å²) < 4.78 is 0. The number of nitrogens with two attached hydrogens (primary N) is 1. The van der Waals surface area contributed by atoms with E-state index in [0.29, 0.717) is 19.3 Å². The Bertz CT molecular complexity index is 613. The Labute approximate surface area is 184 Å². The topological polar surface area (TPSA) is 171 Å². The minimum Gasteiger partial charge on any atom is -0.480 e. The normalized spacial score (nSPS) is 17.1. The zero-order chi connectivity index (χ0) is 24.3. The summed E-state index contributed by atoms with van der Waals surface area (Å²) in [4.78, 5) is 49.2. The van der Waals surface area contributed by atoms with E-state index in [1.165, 1.54) is 0 Å². The van der Waals surface area contributed by atoms with Crippen LogP contribution in [0, 0.1) is 17.8 Å². The first-order valence-electron chi connectivity index (χ1n) is 10.9. The van der Waals surface area contributed by atoms with Crippen LogP contribution < -0.4 is 21.7 Å². The molecule has 10 nitrogen and oxygen atoms in total. The van der Waals surface area contributed by atoms with Gasteiger partial charge in [0.2, 0.25) is 17.7 Å². The van der Waals surface area contributed by atoms with Crippen molar-refractivity contribution in [2.24, 2.45) is 23.5 Å². The van der Waals surface area contributed by atoms with E-state index in [1.807, 2.05) is 20.8 Å². The van der Waals surface area contributed by atoms with E-state index in [2.05, 4.69) is 16.0 Å².